The van der Waals surface area contributed by atoms with Crippen molar-refractivity contribution in [2.45, 2.75) is 46.5 Å². The third-order valence-electron chi connectivity index (χ3n) is 4.25. The molecule has 0 saturated carbocycles. The van der Waals surface area contributed by atoms with Gasteiger partial charge in [0.05, 0.1) is 6.42 Å². The number of amides is 1. The van der Waals surface area contributed by atoms with Crippen LogP contribution in [0.3, 0.4) is 0 Å². The van der Waals surface area contributed by atoms with Crippen LogP contribution in [0.15, 0.2) is 42.5 Å². The van der Waals surface area contributed by atoms with Gasteiger partial charge in [0.1, 0.15) is 5.75 Å². The first-order valence-electron chi connectivity index (χ1n) is 8.84. The highest BCUT2D eigenvalue weighted by Gasteiger charge is 2.15. The van der Waals surface area contributed by atoms with E-state index in [1.165, 1.54) is 5.56 Å². The maximum atomic E-state index is 12.2. The third-order valence-corrected chi connectivity index (χ3v) is 4.25. The number of hydrogen-bond donors (Lipinski definition) is 1. The number of hydrogen-bond acceptors (Lipinski definition) is 3. The van der Waals surface area contributed by atoms with Crippen molar-refractivity contribution < 1.29 is 14.3 Å². The van der Waals surface area contributed by atoms with E-state index >= 15 is 0 Å². The molecule has 0 aliphatic carbocycles. The molecule has 1 N–H and O–H groups in total. The number of rotatable bonds is 5. The molecule has 26 heavy (non-hydrogen) atoms. The van der Waals surface area contributed by atoms with Gasteiger partial charge >= 0.3 is 5.97 Å². The smallest absolute Gasteiger partial charge is 0.312 e. The summed E-state index contributed by atoms with van der Waals surface area (Å²) in [5.41, 5.74) is 3.64. The fourth-order valence-electron chi connectivity index (χ4n) is 2.63. The minimum atomic E-state index is -0.356. The molecule has 0 aromatic heterocycles. The Morgan fingerprint density at radius 1 is 0.962 bits per heavy atom. The first kappa shape index (κ1) is 19.7. The minimum absolute atomic E-state index is 0.0481. The number of ether oxygens (including phenoxy) is 1. The molecular formula is C22H27NO3. The SMILES string of the molecule is Cc1cccc(C)c1OC(=O)CCNC(=O)c1ccc(C(C)(C)C)cc1. The number of para-hydroxylation sites is 1. The summed E-state index contributed by atoms with van der Waals surface area (Å²) in [5.74, 6) is 0.0534. The van der Waals surface area contributed by atoms with Crippen molar-refractivity contribution in [3.63, 3.8) is 0 Å². The van der Waals surface area contributed by atoms with Gasteiger partial charge in [-0.25, -0.2) is 0 Å². The zero-order valence-corrected chi connectivity index (χ0v) is 16.2. The Labute approximate surface area is 155 Å². The van der Waals surface area contributed by atoms with Crippen LogP contribution < -0.4 is 10.1 Å². The van der Waals surface area contributed by atoms with Crippen molar-refractivity contribution >= 4 is 11.9 Å². The fraction of sp³-hybridized carbons (Fsp3) is 0.364. The molecule has 0 unspecified atom stereocenters. The number of benzene rings is 2. The van der Waals surface area contributed by atoms with Gasteiger partial charge in [-0.1, -0.05) is 51.1 Å². The van der Waals surface area contributed by atoms with Gasteiger partial charge < -0.3 is 10.1 Å². The molecule has 4 nitrogen and oxygen atoms in total. The Morgan fingerprint density at radius 3 is 2.08 bits per heavy atom. The molecule has 2 aromatic carbocycles. The first-order chi connectivity index (χ1) is 12.2. The predicted molar refractivity (Wildman–Crippen MR) is 104 cm³/mol. The predicted octanol–water partition coefficient (Wildman–Crippen LogP) is 4.33. The largest absolute Gasteiger partial charge is 0.426 e. The molecule has 0 aliphatic heterocycles. The summed E-state index contributed by atoms with van der Waals surface area (Å²) in [7, 11) is 0. The Bertz CT molecular complexity index is 766. The zero-order chi connectivity index (χ0) is 19.3. The van der Waals surface area contributed by atoms with Crippen LogP contribution in [-0.4, -0.2) is 18.4 Å². The monoisotopic (exact) mass is 353 g/mol. The third kappa shape index (κ3) is 5.19. The zero-order valence-electron chi connectivity index (χ0n) is 16.2. The van der Waals surface area contributed by atoms with Crippen molar-refractivity contribution in [1.29, 1.82) is 0 Å². The second kappa shape index (κ2) is 8.17. The molecular weight excluding hydrogens is 326 g/mol. The summed E-state index contributed by atoms with van der Waals surface area (Å²) in [4.78, 5) is 24.2. The number of nitrogens with one attached hydrogen (secondary N) is 1. The van der Waals surface area contributed by atoms with E-state index in [1.807, 2.05) is 56.3 Å². The molecule has 0 saturated heterocycles. The molecule has 0 heterocycles. The topological polar surface area (TPSA) is 55.4 Å². The van der Waals surface area contributed by atoms with E-state index in [0.29, 0.717) is 11.3 Å². The normalized spacial score (nSPS) is 11.1. The number of carbonyl (C=O) groups excluding carboxylic acids is 2. The van der Waals surface area contributed by atoms with Crippen LogP contribution in [-0.2, 0) is 10.2 Å². The van der Waals surface area contributed by atoms with Crippen LogP contribution in [0.5, 0.6) is 5.75 Å². The highest BCUT2D eigenvalue weighted by molar-refractivity contribution is 5.94. The van der Waals surface area contributed by atoms with Crippen LogP contribution in [0.1, 0.15) is 54.2 Å². The van der Waals surface area contributed by atoms with Gasteiger partial charge in [0.25, 0.3) is 5.91 Å². The Hall–Kier alpha value is -2.62. The first-order valence-corrected chi connectivity index (χ1v) is 8.84. The van der Waals surface area contributed by atoms with Crippen LogP contribution in [0, 0.1) is 13.8 Å². The van der Waals surface area contributed by atoms with E-state index in [9.17, 15) is 9.59 Å². The van der Waals surface area contributed by atoms with E-state index in [0.717, 1.165) is 11.1 Å². The summed E-state index contributed by atoms with van der Waals surface area (Å²) < 4.78 is 5.43. The van der Waals surface area contributed by atoms with Gasteiger partial charge in [-0.15, -0.1) is 0 Å². The lowest BCUT2D eigenvalue weighted by molar-refractivity contribution is -0.134. The maximum absolute atomic E-state index is 12.2. The molecule has 0 atom stereocenters. The van der Waals surface area contributed by atoms with E-state index in [1.54, 1.807) is 0 Å². The van der Waals surface area contributed by atoms with Crippen molar-refractivity contribution in [3.8, 4) is 5.75 Å². The average Bonchev–Trinajstić information content (AvgIpc) is 2.57. The Morgan fingerprint density at radius 2 is 1.54 bits per heavy atom. The van der Waals surface area contributed by atoms with Gasteiger partial charge in [-0.3, -0.25) is 9.59 Å². The second-order valence-corrected chi connectivity index (χ2v) is 7.53. The minimum Gasteiger partial charge on any atom is -0.426 e. The molecule has 0 spiro atoms. The molecule has 0 fully saturated rings. The average molecular weight is 353 g/mol. The molecule has 138 valence electrons. The molecule has 0 aliphatic rings. The fourth-order valence-corrected chi connectivity index (χ4v) is 2.63. The highest BCUT2D eigenvalue weighted by atomic mass is 16.5. The van der Waals surface area contributed by atoms with Gasteiger partial charge in [-0.2, -0.15) is 0 Å². The van der Waals surface area contributed by atoms with Crippen molar-refractivity contribution in [1.82, 2.24) is 5.32 Å². The van der Waals surface area contributed by atoms with E-state index < -0.39 is 0 Å². The summed E-state index contributed by atoms with van der Waals surface area (Å²) in [5, 5.41) is 2.76. The van der Waals surface area contributed by atoms with Crippen molar-refractivity contribution in [2.75, 3.05) is 6.54 Å². The van der Waals surface area contributed by atoms with Crippen LogP contribution in [0.25, 0.3) is 0 Å². The van der Waals surface area contributed by atoms with Gasteiger partial charge in [-0.05, 0) is 48.1 Å². The van der Waals surface area contributed by atoms with Crippen LogP contribution in [0.2, 0.25) is 0 Å². The van der Waals surface area contributed by atoms with Crippen LogP contribution >= 0.6 is 0 Å². The lowest BCUT2D eigenvalue weighted by Gasteiger charge is -2.19. The quantitative estimate of drug-likeness (QED) is 0.643. The summed E-state index contributed by atoms with van der Waals surface area (Å²) in [6.07, 6.45) is 0.125. The number of aryl methyl sites for hydroxylation is 2. The highest BCUT2D eigenvalue weighted by Crippen LogP contribution is 2.23. The molecule has 0 bridgehead atoms. The van der Waals surface area contributed by atoms with Gasteiger partial charge in [0.15, 0.2) is 0 Å². The standard InChI is InChI=1S/C22H27NO3/c1-15-7-6-8-16(2)20(15)26-19(24)13-14-23-21(25)17-9-11-18(12-10-17)22(3,4)5/h6-12H,13-14H2,1-5H3,(H,23,25). The number of esters is 1. The van der Waals surface area contributed by atoms with Gasteiger partial charge in [0.2, 0.25) is 0 Å². The Kier molecular flexibility index (Phi) is 6.19. The van der Waals surface area contributed by atoms with Crippen molar-refractivity contribution in [2.24, 2.45) is 0 Å². The summed E-state index contributed by atoms with van der Waals surface area (Å²) in [6, 6.07) is 13.3. The lowest BCUT2D eigenvalue weighted by atomic mass is 9.87. The molecule has 0 radical (unpaired) electrons. The van der Waals surface area contributed by atoms with Crippen molar-refractivity contribution in [3.05, 3.63) is 64.7 Å². The van der Waals surface area contributed by atoms with Crippen LogP contribution in [0.4, 0.5) is 0 Å². The number of carbonyl (C=O) groups is 2. The van der Waals surface area contributed by atoms with E-state index in [2.05, 4.69) is 26.1 Å². The lowest BCUT2D eigenvalue weighted by Crippen LogP contribution is -2.27. The summed E-state index contributed by atoms with van der Waals surface area (Å²) >= 11 is 0. The van der Waals surface area contributed by atoms with E-state index in [4.69, 9.17) is 4.74 Å². The van der Waals surface area contributed by atoms with Gasteiger partial charge in [0, 0.05) is 12.1 Å². The van der Waals surface area contributed by atoms with E-state index in [-0.39, 0.29) is 30.3 Å². The second-order valence-electron chi connectivity index (χ2n) is 7.53. The molecule has 4 heteroatoms. The summed E-state index contributed by atoms with van der Waals surface area (Å²) in [6.45, 7) is 10.4. The molecule has 1 amide bonds. The molecule has 2 aromatic rings. The Balaban J connectivity index is 1.85. The molecule has 2 rings (SSSR count). The maximum Gasteiger partial charge on any atom is 0.312 e.